The van der Waals surface area contributed by atoms with E-state index in [4.69, 9.17) is 4.74 Å². The topological polar surface area (TPSA) is 58.6 Å². The predicted molar refractivity (Wildman–Crippen MR) is 76.2 cm³/mol. The number of rotatable bonds is 5. The molecular weight excluding hydrogens is 256 g/mol. The molecule has 0 bridgehead atoms. The molecule has 1 aliphatic heterocycles. The van der Waals surface area contributed by atoms with E-state index in [1.54, 1.807) is 4.90 Å². The van der Waals surface area contributed by atoms with Crippen molar-refractivity contribution in [3.63, 3.8) is 0 Å². The SMILES string of the molecule is CC(C)COCCN1C(=O)CNC(=O)C12CCCCC2. The normalized spacial score (nSPS) is 22.4. The molecule has 2 fully saturated rings. The highest BCUT2D eigenvalue weighted by atomic mass is 16.5. The fourth-order valence-electron chi connectivity index (χ4n) is 3.22. The summed E-state index contributed by atoms with van der Waals surface area (Å²) in [6.07, 6.45) is 4.76. The van der Waals surface area contributed by atoms with Gasteiger partial charge in [-0.1, -0.05) is 33.1 Å². The lowest BCUT2D eigenvalue weighted by atomic mass is 9.78. The Balaban J connectivity index is 2.00. The Morgan fingerprint density at radius 1 is 1.25 bits per heavy atom. The van der Waals surface area contributed by atoms with Crippen molar-refractivity contribution in [2.24, 2.45) is 5.92 Å². The highest BCUT2D eigenvalue weighted by Crippen LogP contribution is 2.35. The zero-order chi connectivity index (χ0) is 14.6. The van der Waals surface area contributed by atoms with Crippen molar-refractivity contribution < 1.29 is 14.3 Å². The molecule has 0 unspecified atom stereocenters. The standard InChI is InChI=1S/C15H26N2O3/c1-12(2)11-20-9-8-17-13(18)10-16-14(19)15(17)6-4-3-5-7-15/h12H,3-11H2,1-2H3,(H,16,19). The number of ether oxygens (including phenoxy) is 1. The van der Waals surface area contributed by atoms with Crippen LogP contribution in [0.15, 0.2) is 0 Å². The summed E-state index contributed by atoms with van der Waals surface area (Å²) < 4.78 is 5.59. The number of carbonyl (C=O) groups is 2. The van der Waals surface area contributed by atoms with Gasteiger partial charge >= 0.3 is 0 Å². The quantitative estimate of drug-likeness (QED) is 0.774. The van der Waals surface area contributed by atoms with Crippen LogP contribution >= 0.6 is 0 Å². The van der Waals surface area contributed by atoms with Crippen LogP contribution < -0.4 is 5.32 Å². The summed E-state index contributed by atoms with van der Waals surface area (Å²) in [6.45, 7) is 6.06. The minimum Gasteiger partial charge on any atom is -0.379 e. The van der Waals surface area contributed by atoms with E-state index in [2.05, 4.69) is 19.2 Å². The second-order valence-electron chi connectivity index (χ2n) is 6.29. The first-order valence-electron chi connectivity index (χ1n) is 7.73. The largest absolute Gasteiger partial charge is 0.379 e. The summed E-state index contributed by atoms with van der Waals surface area (Å²) >= 11 is 0. The van der Waals surface area contributed by atoms with E-state index in [0.717, 1.165) is 32.1 Å². The molecule has 5 heteroatoms. The van der Waals surface area contributed by atoms with Gasteiger partial charge in [-0.3, -0.25) is 9.59 Å². The molecular formula is C15H26N2O3. The first-order valence-corrected chi connectivity index (χ1v) is 7.73. The fraction of sp³-hybridized carbons (Fsp3) is 0.867. The van der Waals surface area contributed by atoms with Crippen LogP contribution in [0.5, 0.6) is 0 Å². The van der Waals surface area contributed by atoms with Gasteiger partial charge in [0.1, 0.15) is 5.54 Å². The molecule has 0 aromatic rings. The van der Waals surface area contributed by atoms with E-state index in [-0.39, 0.29) is 18.4 Å². The molecule has 1 N–H and O–H groups in total. The average Bonchev–Trinajstić information content (AvgIpc) is 2.43. The third-order valence-electron chi connectivity index (χ3n) is 4.23. The van der Waals surface area contributed by atoms with Gasteiger partial charge in [-0.2, -0.15) is 0 Å². The maximum absolute atomic E-state index is 12.3. The van der Waals surface area contributed by atoms with Crippen LogP contribution in [-0.2, 0) is 14.3 Å². The molecule has 1 spiro atoms. The number of amides is 2. The van der Waals surface area contributed by atoms with Crippen molar-refractivity contribution in [2.45, 2.75) is 51.5 Å². The monoisotopic (exact) mass is 282 g/mol. The molecule has 1 aliphatic carbocycles. The number of nitrogens with one attached hydrogen (secondary N) is 1. The van der Waals surface area contributed by atoms with Gasteiger partial charge in [0.2, 0.25) is 11.8 Å². The Morgan fingerprint density at radius 3 is 2.60 bits per heavy atom. The van der Waals surface area contributed by atoms with E-state index in [1.807, 2.05) is 0 Å². The Kier molecular flexibility index (Phi) is 5.02. The zero-order valence-electron chi connectivity index (χ0n) is 12.6. The number of hydrogen-bond acceptors (Lipinski definition) is 3. The number of nitrogens with zero attached hydrogens (tertiary/aromatic N) is 1. The Morgan fingerprint density at radius 2 is 1.95 bits per heavy atom. The molecule has 0 aromatic heterocycles. The first kappa shape index (κ1) is 15.3. The number of carbonyl (C=O) groups excluding carboxylic acids is 2. The number of piperazine rings is 1. The van der Waals surface area contributed by atoms with Crippen molar-refractivity contribution in [1.29, 1.82) is 0 Å². The van der Waals surface area contributed by atoms with Crippen LogP contribution in [0.3, 0.4) is 0 Å². The van der Waals surface area contributed by atoms with Crippen LogP contribution in [0.1, 0.15) is 46.0 Å². The second kappa shape index (κ2) is 6.57. The molecule has 5 nitrogen and oxygen atoms in total. The van der Waals surface area contributed by atoms with E-state index in [0.29, 0.717) is 25.7 Å². The summed E-state index contributed by atoms with van der Waals surface area (Å²) in [5, 5.41) is 2.76. The molecule has 1 saturated heterocycles. The van der Waals surface area contributed by atoms with Gasteiger partial charge in [0.15, 0.2) is 0 Å². The Labute approximate surface area is 121 Å². The molecule has 2 amide bonds. The Bertz CT molecular complexity index is 362. The van der Waals surface area contributed by atoms with Gasteiger partial charge in [0.25, 0.3) is 0 Å². The summed E-state index contributed by atoms with van der Waals surface area (Å²) in [6, 6.07) is 0. The molecule has 114 valence electrons. The van der Waals surface area contributed by atoms with Crippen LogP contribution in [0.4, 0.5) is 0 Å². The smallest absolute Gasteiger partial charge is 0.246 e. The molecule has 1 saturated carbocycles. The zero-order valence-corrected chi connectivity index (χ0v) is 12.6. The van der Waals surface area contributed by atoms with E-state index >= 15 is 0 Å². The van der Waals surface area contributed by atoms with Gasteiger partial charge in [-0.05, 0) is 18.8 Å². The minimum absolute atomic E-state index is 0.0275. The van der Waals surface area contributed by atoms with E-state index in [9.17, 15) is 9.59 Å². The lowest BCUT2D eigenvalue weighted by molar-refractivity contribution is -0.157. The number of hydrogen-bond donors (Lipinski definition) is 1. The highest BCUT2D eigenvalue weighted by Gasteiger charge is 2.49. The van der Waals surface area contributed by atoms with Gasteiger partial charge in [0, 0.05) is 13.2 Å². The predicted octanol–water partition coefficient (Wildman–Crippen LogP) is 1.32. The van der Waals surface area contributed by atoms with Gasteiger partial charge in [-0.25, -0.2) is 0 Å². The summed E-state index contributed by atoms with van der Waals surface area (Å²) in [5.41, 5.74) is -0.602. The lowest BCUT2D eigenvalue weighted by Crippen LogP contribution is -2.68. The lowest BCUT2D eigenvalue weighted by Gasteiger charge is -2.47. The van der Waals surface area contributed by atoms with E-state index in [1.165, 1.54) is 0 Å². The van der Waals surface area contributed by atoms with Crippen LogP contribution in [-0.4, -0.2) is 48.6 Å². The average molecular weight is 282 g/mol. The molecule has 20 heavy (non-hydrogen) atoms. The second-order valence-corrected chi connectivity index (χ2v) is 6.29. The van der Waals surface area contributed by atoms with Crippen molar-refractivity contribution in [1.82, 2.24) is 10.2 Å². The van der Waals surface area contributed by atoms with Crippen LogP contribution in [0.25, 0.3) is 0 Å². The fourth-order valence-corrected chi connectivity index (χ4v) is 3.22. The van der Waals surface area contributed by atoms with Crippen molar-refractivity contribution in [2.75, 3.05) is 26.3 Å². The molecule has 0 radical (unpaired) electrons. The van der Waals surface area contributed by atoms with Gasteiger partial charge in [0.05, 0.1) is 13.2 Å². The molecule has 0 aromatic carbocycles. The minimum atomic E-state index is -0.602. The summed E-state index contributed by atoms with van der Waals surface area (Å²) in [4.78, 5) is 26.3. The van der Waals surface area contributed by atoms with Crippen molar-refractivity contribution in [3.8, 4) is 0 Å². The maximum atomic E-state index is 12.3. The Hall–Kier alpha value is -1.10. The summed E-state index contributed by atoms with van der Waals surface area (Å²) in [7, 11) is 0. The van der Waals surface area contributed by atoms with Crippen LogP contribution in [0, 0.1) is 5.92 Å². The molecule has 0 atom stereocenters. The molecule has 1 heterocycles. The van der Waals surface area contributed by atoms with Crippen LogP contribution in [0.2, 0.25) is 0 Å². The summed E-state index contributed by atoms with van der Waals surface area (Å²) in [5.74, 6) is 0.541. The van der Waals surface area contributed by atoms with Crippen molar-refractivity contribution in [3.05, 3.63) is 0 Å². The van der Waals surface area contributed by atoms with E-state index < -0.39 is 5.54 Å². The van der Waals surface area contributed by atoms with Gasteiger partial charge in [-0.15, -0.1) is 0 Å². The third-order valence-corrected chi connectivity index (χ3v) is 4.23. The molecule has 2 rings (SSSR count). The molecule has 2 aliphatic rings. The first-order chi connectivity index (χ1) is 9.56. The van der Waals surface area contributed by atoms with Crippen molar-refractivity contribution >= 4 is 11.8 Å². The van der Waals surface area contributed by atoms with Gasteiger partial charge < -0.3 is 15.0 Å². The third kappa shape index (κ3) is 3.14. The maximum Gasteiger partial charge on any atom is 0.246 e. The highest BCUT2D eigenvalue weighted by molar-refractivity contribution is 5.98.